The fourth-order valence-corrected chi connectivity index (χ4v) is 5.31. The number of hydrogen-bond donors (Lipinski definition) is 1. The van der Waals surface area contributed by atoms with Gasteiger partial charge in [-0.05, 0) is 36.4 Å². The van der Waals surface area contributed by atoms with E-state index in [2.05, 4.69) is 10.2 Å². The van der Waals surface area contributed by atoms with Crippen molar-refractivity contribution in [1.29, 1.82) is 0 Å². The Balaban J connectivity index is 1.74. The third-order valence-corrected chi connectivity index (χ3v) is 7.02. The maximum atomic E-state index is 12.9. The number of rotatable bonds is 6. The van der Waals surface area contributed by atoms with Crippen molar-refractivity contribution in [3.63, 3.8) is 0 Å². The Morgan fingerprint density at radius 2 is 2.07 bits per heavy atom. The molecule has 3 rings (SSSR count). The van der Waals surface area contributed by atoms with Gasteiger partial charge in [-0.1, -0.05) is 12.1 Å². The predicted octanol–water partition coefficient (Wildman–Crippen LogP) is 3.15. The highest BCUT2D eigenvalue weighted by Crippen LogP contribution is 2.30. The highest BCUT2D eigenvalue weighted by Gasteiger charge is 2.33. The number of nitrogens with one attached hydrogen (secondary N) is 1. The van der Waals surface area contributed by atoms with Crippen LogP contribution in [-0.2, 0) is 9.84 Å². The van der Waals surface area contributed by atoms with E-state index in [9.17, 15) is 22.0 Å². The van der Waals surface area contributed by atoms with Gasteiger partial charge in [-0.2, -0.15) is 8.78 Å². The average molecular weight is 430 g/mol. The Morgan fingerprint density at radius 3 is 2.79 bits per heavy atom. The number of anilines is 1. The maximum absolute atomic E-state index is 12.9. The summed E-state index contributed by atoms with van der Waals surface area (Å²) in [5.41, 5.74) is 0.904. The lowest BCUT2D eigenvalue weighted by Crippen LogP contribution is -2.48. The van der Waals surface area contributed by atoms with Crippen LogP contribution in [0.5, 0.6) is 5.75 Å². The fraction of sp³-hybridized carbons (Fsp3) is 0.389. The molecule has 1 aliphatic heterocycles. The summed E-state index contributed by atoms with van der Waals surface area (Å²) in [6, 6.07) is 8.35. The molecule has 1 aromatic carbocycles. The number of sulfone groups is 1. The number of carbonyl (C=O) groups is 1. The second kappa shape index (κ2) is 8.44. The summed E-state index contributed by atoms with van der Waals surface area (Å²) < 4.78 is 54.6. The molecule has 0 radical (unpaired) electrons. The van der Waals surface area contributed by atoms with E-state index in [0.29, 0.717) is 13.0 Å². The Bertz CT molecular complexity index is 947. The topological polar surface area (TPSA) is 75.7 Å². The Morgan fingerprint density at radius 1 is 1.32 bits per heavy atom. The van der Waals surface area contributed by atoms with Gasteiger partial charge >= 0.3 is 5.76 Å². The van der Waals surface area contributed by atoms with E-state index in [0.717, 1.165) is 41.8 Å². The number of methoxy groups -OCH3 is 1. The Labute approximate surface area is 166 Å². The largest absolute Gasteiger partial charge is 0.495 e. The molecule has 2 aromatic rings. The van der Waals surface area contributed by atoms with Crippen LogP contribution in [0.2, 0.25) is 0 Å². The molecule has 1 N–H and O–H groups in total. The number of hydrogen-bond acceptors (Lipinski definition) is 6. The Hall–Kier alpha value is -2.20. The van der Waals surface area contributed by atoms with Gasteiger partial charge in [-0.25, -0.2) is 8.42 Å². The minimum Gasteiger partial charge on any atom is -0.495 e. The van der Waals surface area contributed by atoms with Crippen LogP contribution in [-0.4, -0.2) is 46.3 Å². The zero-order valence-corrected chi connectivity index (χ0v) is 16.7. The molecule has 1 amide bonds. The van der Waals surface area contributed by atoms with E-state index >= 15 is 0 Å². The number of thiophene rings is 1. The number of halogens is 2. The van der Waals surface area contributed by atoms with Crippen LogP contribution < -0.4 is 15.0 Å². The first kappa shape index (κ1) is 20.5. The third-order valence-electron chi connectivity index (χ3n) is 4.56. The van der Waals surface area contributed by atoms with E-state index < -0.39 is 26.4 Å². The average Bonchev–Trinajstić information content (AvgIpc) is 3.19. The highest BCUT2D eigenvalue weighted by molar-refractivity contribution is 7.92. The molecule has 0 saturated carbocycles. The normalized spacial score (nSPS) is 17.6. The van der Waals surface area contributed by atoms with E-state index in [1.165, 1.54) is 5.38 Å². The summed E-state index contributed by atoms with van der Waals surface area (Å²) in [6.07, 6.45) is 1.52. The first-order valence-corrected chi connectivity index (χ1v) is 11.1. The van der Waals surface area contributed by atoms with Crippen LogP contribution in [0, 0.1) is 0 Å². The van der Waals surface area contributed by atoms with E-state index in [1.54, 1.807) is 7.11 Å². The third kappa shape index (κ3) is 4.12. The molecule has 28 heavy (non-hydrogen) atoms. The molecule has 6 nitrogen and oxygen atoms in total. The molecular weight excluding hydrogens is 410 g/mol. The van der Waals surface area contributed by atoms with Gasteiger partial charge in [0.1, 0.15) is 10.6 Å². The van der Waals surface area contributed by atoms with Gasteiger partial charge in [0.05, 0.1) is 17.7 Å². The zero-order valence-electron chi connectivity index (χ0n) is 15.1. The zero-order chi connectivity index (χ0) is 20.3. The summed E-state index contributed by atoms with van der Waals surface area (Å²) in [6.45, 7) is 1.30. The van der Waals surface area contributed by atoms with Crippen LogP contribution >= 0.6 is 11.3 Å². The molecule has 1 aromatic heterocycles. The molecule has 1 aliphatic rings. The number of para-hydroxylation sites is 2. The first-order chi connectivity index (χ1) is 13.3. The Kier molecular flexibility index (Phi) is 6.19. The molecule has 1 saturated heterocycles. The van der Waals surface area contributed by atoms with E-state index in [-0.39, 0.29) is 10.9 Å². The van der Waals surface area contributed by atoms with Gasteiger partial charge in [-0.3, -0.25) is 4.79 Å². The van der Waals surface area contributed by atoms with Gasteiger partial charge in [0.25, 0.3) is 5.91 Å². The summed E-state index contributed by atoms with van der Waals surface area (Å²) in [7, 11) is -3.24. The van der Waals surface area contributed by atoms with Crippen molar-refractivity contribution in [2.45, 2.75) is 29.5 Å². The molecule has 0 aliphatic carbocycles. The van der Waals surface area contributed by atoms with Crippen LogP contribution in [0.25, 0.3) is 0 Å². The van der Waals surface area contributed by atoms with Gasteiger partial charge < -0.3 is 15.0 Å². The first-order valence-electron chi connectivity index (χ1n) is 8.63. The van der Waals surface area contributed by atoms with Crippen molar-refractivity contribution in [2.75, 3.05) is 25.1 Å². The number of benzene rings is 1. The van der Waals surface area contributed by atoms with Gasteiger partial charge in [-0.15, -0.1) is 11.3 Å². The second-order valence-corrected chi connectivity index (χ2v) is 9.15. The molecule has 10 heteroatoms. The summed E-state index contributed by atoms with van der Waals surface area (Å²) >= 11 is 0.836. The van der Waals surface area contributed by atoms with Crippen LogP contribution in [0.1, 0.15) is 22.5 Å². The quantitative estimate of drug-likeness (QED) is 0.762. The summed E-state index contributed by atoms with van der Waals surface area (Å²) in [5, 5.41) is 4.12. The van der Waals surface area contributed by atoms with Crippen molar-refractivity contribution >= 4 is 32.8 Å². The van der Waals surface area contributed by atoms with Crippen LogP contribution in [0.4, 0.5) is 14.5 Å². The number of ether oxygens (including phenoxy) is 1. The van der Waals surface area contributed by atoms with Gasteiger partial charge in [0.2, 0.25) is 9.84 Å². The molecule has 1 atom stereocenters. The molecule has 1 unspecified atom stereocenters. The predicted molar refractivity (Wildman–Crippen MR) is 103 cm³/mol. The number of amides is 1. The molecule has 152 valence electrons. The van der Waals surface area contributed by atoms with Crippen LogP contribution in [0.3, 0.4) is 0 Å². The minimum atomic E-state index is -4.82. The lowest BCUT2D eigenvalue weighted by molar-refractivity contribution is 0.0934. The molecular formula is C18H20F2N2O4S2. The summed E-state index contributed by atoms with van der Waals surface area (Å²) in [4.78, 5) is 13.8. The lowest BCUT2D eigenvalue weighted by atomic mass is 10.0. The van der Waals surface area contributed by atoms with E-state index in [1.807, 2.05) is 24.3 Å². The smallest absolute Gasteiger partial charge is 0.341 e. The highest BCUT2D eigenvalue weighted by atomic mass is 32.2. The minimum absolute atomic E-state index is 0.213. The van der Waals surface area contributed by atoms with Crippen molar-refractivity contribution in [1.82, 2.24) is 5.32 Å². The molecule has 2 heterocycles. The lowest BCUT2D eigenvalue weighted by Gasteiger charge is -2.35. The SMILES string of the molecule is COc1ccccc1N1CCCC(NC(=O)c2sccc2S(=O)(=O)C(F)F)C1. The molecule has 0 bridgehead atoms. The van der Waals surface area contributed by atoms with Crippen molar-refractivity contribution in [3.8, 4) is 5.75 Å². The fourth-order valence-electron chi connectivity index (χ4n) is 3.24. The number of carbonyl (C=O) groups excluding carboxylic acids is 1. The van der Waals surface area contributed by atoms with Gasteiger partial charge in [0.15, 0.2) is 0 Å². The van der Waals surface area contributed by atoms with Crippen LogP contribution in [0.15, 0.2) is 40.6 Å². The van der Waals surface area contributed by atoms with E-state index in [4.69, 9.17) is 4.74 Å². The standard InChI is InChI=1S/C18H20F2N2O4S2/c1-26-14-7-3-2-6-13(14)22-9-4-5-12(11-22)21-17(23)16-15(8-10-27-16)28(24,25)18(19)20/h2-3,6-8,10,12,18H,4-5,9,11H2,1H3,(H,21,23). The summed E-state index contributed by atoms with van der Waals surface area (Å²) in [5.74, 6) is -3.50. The van der Waals surface area contributed by atoms with Crippen molar-refractivity contribution in [3.05, 3.63) is 40.6 Å². The number of nitrogens with zero attached hydrogens (tertiary/aromatic N) is 1. The van der Waals surface area contributed by atoms with Crippen molar-refractivity contribution < 1.29 is 26.7 Å². The monoisotopic (exact) mass is 430 g/mol. The number of alkyl halides is 2. The maximum Gasteiger partial charge on any atom is 0.341 e. The van der Waals surface area contributed by atoms with Gasteiger partial charge in [0, 0.05) is 19.1 Å². The second-order valence-electron chi connectivity index (χ2n) is 6.35. The number of piperidine rings is 1. The van der Waals surface area contributed by atoms with Crippen molar-refractivity contribution in [2.24, 2.45) is 0 Å². The molecule has 1 fully saturated rings. The molecule has 0 spiro atoms.